The summed E-state index contributed by atoms with van der Waals surface area (Å²) in [5, 5.41) is 1.23. The zero-order valence-corrected chi connectivity index (χ0v) is 15.5. The van der Waals surface area contributed by atoms with E-state index in [9.17, 15) is 9.18 Å². The molecule has 26 heavy (non-hydrogen) atoms. The number of hydrogen-bond acceptors (Lipinski definition) is 4. The molecule has 0 aliphatic rings. The number of fused-ring (bicyclic) bond motifs is 1. The summed E-state index contributed by atoms with van der Waals surface area (Å²) in [6.45, 7) is 0.0123. The number of carbonyl (C=O) groups excluding carboxylic acids is 1. The Bertz CT molecular complexity index is 991. The first-order valence-corrected chi connectivity index (χ1v) is 9.39. The fourth-order valence-corrected chi connectivity index (χ4v) is 3.00. The zero-order chi connectivity index (χ0) is 18.5. The standard InChI is InChI=1S/C20H15ClFNO2S/c1-26-17-7-6-14-10-15(20(21)23-18(14)11-17)12-25-19(24)8-5-13-3-2-4-16(22)9-13/h2-11H,12H2,1H3/b8-5+. The lowest BCUT2D eigenvalue weighted by Crippen LogP contribution is -2.02. The number of carbonyl (C=O) groups is 1. The highest BCUT2D eigenvalue weighted by Crippen LogP contribution is 2.25. The van der Waals surface area contributed by atoms with Crippen LogP contribution >= 0.6 is 23.4 Å². The minimum atomic E-state index is -0.539. The molecular weight excluding hydrogens is 373 g/mol. The fourth-order valence-electron chi connectivity index (χ4n) is 2.37. The van der Waals surface area contributed by atoms with Crippen molar-refractivity contribution in [1.29, 1.82) is 0 Å². The second-order valence-corrected chi connectivity index (χ2v) is 6.73. The van der Waals surface area contributed by atoms with Crippen molar-refractivity contribution >= 4 is 46.3 Å². The number of halogens is 2. The van der Waals surface area contributed by atoms with Gasteiger partial charge in [-0.05, 0) is 48.2 Å². The van der Waals surface area contributed by atoms with Gasteiger partial charge in [-0.15, -0.1) is 11.8 Å². The van der Waals surface area contributed by atoms with Gasteiger partial charge in [-0.2, -0.15) is 0 Å². The van der Waals surface area contributed by atoms with Crippen LogP contribution < -0.4 is 0 Å². The van der Waals surface area contributed by atoms with Crippen LogP contribution in [0.15, 0.2) is 59.5 Å². The summed E-state index contributed by atoms with van der Waals surface area (Å²) in [6.07, 6.45) is 4.74. The summed E-state index contributed by atoms with van der Waals surface area (Å²) in [6, 6.07) is 13.7. The van der Waals surface area contributed by atoms with Gasteiger partial charge >= 0.3 is 5.97 Å². The second-order valence-electron chi connectivity index (χ2n) is 5.49. The molecule has 0 atom stereocenters. The maximum Gasteiger partial charge on any atom is 0.331 e. The first kappa shape index (κ1) is 18.4. The molecule has 0 unspecified atom stereocenters. The number of aromatic nitrogens is 1. The van der Waals surface area contributed by atoms with Crippen molar-refractivity contribution < 1.29 is 13.9 Å². The van der Waals surface area contributed by atoms with Crippen molar-refractivity contribution in [2.45, 2.75) is 11.5 Å². The van der Waals surface area contributed by atoms with E-state index in [-0.39, 0.29) is 12.4 Å². The topological polar surface area (TPSA) is 39.2 Å². The maximum atomic E-state index is 13.1. The number of pyridine rings is 1. The summed E-state index contributed by atoms with van der Waals surface area (Å²) < 4.78 is 18.3. The lowest BCUT2D eigenvalue weighted by atomic mass is 10.1. The molecule has 132 valence electrons. The summed E-state index contributed by atoms with van der Waals surface area (Å²) in [5.41, 5.74) is 2.00. The molecule has 0 saturated heterocycles. The van der Waals surface area contributed by atoms with E-state index in [1.54, 1.807) is 23.9 Å². The minimum absolute atomic E-state index is 0.0123. The Hall–Kier alpha value is -2.37. The van der Waals surface area contributed by atoms with Gasteiger partial charge < -0.3 is 4.74 Å². The predicted octanol–water partition coefficient (Wildman–Crippen LogP) is 5.51. The Morgan fingerprint density at radius 3 is 2.88 bits per heavy atom. The number of rotatable bonds is 5. The van der Waals surface area contributed by atoms with E-state index in [4.69, 9.17) is 16.3 Å². The predicted molar refractivity (Wildman–Crippen MR) is 104 cm³/mol. The highest BCUT2D eigenvalue weighted by Gasteiger charge is 2.08. The van der Waals surface area contributed by atoms with Crippen LogP contribution in [-0.4, -0.2) is 17.2 Å². The number of nitrogens with zero attached hydrogens (tertiary/aromatic N) is 1. The smallest absolute Gasteiger partial charge is 0.331 e. The van der Waals surface area contributed by atoms with E-state index in [1.807, 2.05) is 30.5 Å². The van der Waals surface area contributed by atoms with Gasteiger partial charge in [-0.25, -0.2) is 14.2 Å². The number of benzene rings is 2. The van der Waals surface area contributed by atoms with E-state index >= 15 is 0 Å². The molecule has 0 radical (unpaired) electrons. The highest BCUT2D eigenvalue weighted by molar-refractivity contribution is 7.98. The Balaban J connectivity index is 1.68. The number of ether oxygens (including phenoxy) is 1. The van der Waals surface area contributed by atoms with Gasteiger partial charge in [0.2, 0.25) is 0 Å². The number of hydrogen-bond donors (Lipinski definition) is 0. The van der Waals surface area contributed by atoms with E-state index in [1.165, 1.54) is 24.3 Å². The number of esters is 1. The summed E-state index contributed by atoms with van der Waals surface area (Å²) in [4.78, 5) is 17.3. The first-order chi connectivity index (χ1) is 12.5. The molecule has 3 nitrogen and oxygen atoms in total. The van der Waals surface area contributed by atoms with Crippen LogP contribution in [0.4, 0.5) is 4.39 Å². The third-order valence-electron chi connectivity index (χ3n) is 3.68. The van der Waals surface area contributed by atoms with Gasteiger partial charge in [0.05, 0.1) is 5.52 Å². The van der Waals surface area contributed by atoms with E-state index in [0.29, 0.717) is 16.3 Å². The molecule has 2 aromatic carbocycles. The average Bonchev–Trinajstić information content (AvgIpc) is 2.64. The van der Waals surface area contributed by atoms with Gasteiger partial charge in [0.25, 0.3) is 0 Å². The Morgan fingerprint density at radius 2 is 2.12 bits per heavy atom. The molecule has 1 aromatic heterocycles. The number of thioether (sulfide) groups is 1. The summed E-state index contributed by atoms with van der Waals surface area (Å²) >= 11 is 7.83. The zero-order valence-electron chi connectivity index (χ0n) is 13.9. The van der Waals surface area contributed by atoms with Crippen molar-refractivity contribution in [2.75, 3.05) is 6.26 Å². The van der Waals surface area contributed by atoms with E-state index in [0.717, 1.165) is 15.8 Å². The molecule has 3 rings (SSSR count). The van der Waals surface area contributed by atoms with E-state index < -0.39 is 5.97 Å². The summed E-state index contributed by atoms with van der Waals surface area (Å²) in [5.74, 6) is -0.901. The normalized spacial score (nSPS) is 11.2. The van der Waals surface area contributed by atoms with Crippen LogP contribution in [0.1, 0.15) is 11.1 Å². The van der Waals surface area contributed by atoms with Gasteiger partial charge in [-0.1, -0.05) is 29.8 Å². The highest BCUT2D eigenvalue weighted by atomic mass is 35.5. The second kappa shape index (κ2) is 8.34. The Kier molecular flexibility index (Phi) is 5.91. The molecule has 6 heteroatoms. The largest absolute Gasteiger partial charge is 0.458 e. The van der Waals surface area contributed by atoms with Crippen molar-refractivity contribution in [1.82, 2.24) is 4.98 Å². The maximum absolute atomic E-state index is 13.1. The van der Waals surface area contributed by atoms with Crippen LogP contribution in [0.25, 0.3) is 17.0 Å². The van der Waals surface area contributed by atoms with Gasteiger partial charge in [0.15, 0.2) is 0 Å². The fraction of sp³-hybridized carbons (Fsp3) is 0.100. The van der Waals surface area contributed by atoms with Crippen molar-refractivity contribution in [3.05, 3.63) is 76.7 Å². The monoisotopic (exact) mass is 387 g/mol. The molecule has 0 amide bonds. The third kappa shape index (κ3) is 4.62. The van der Waals surface area contributed by atoms with Crippen molar-refractivity contribution in [3.63, 3.8) is 0 Å². The van der Waals surface area contributed by atoms with Gasteiger partial charge in [0, 0.05) is 21.9 Å². The minimum Gasteiger partial charge on any atom is -0.458 e. The molecule has 0 aliphatic carbocycles. The van der Waals surface area contributed by atoms with Crippen LogP contribution in [-0.2, 0) is 16.1 Å². The molecule has 0 aliphatic heterocycles. The van der Waals surface area contributed by atoms with Crippen LogP contribution in [0.2, 0.25) is 5.15 Å². The molecule has 0 fully saturated rings. The molecule has 1 heterocycles. The van der Waals surface area contributed by atoms with Crippen LogP contribution in [0.3, 0.4) is 0 Å². The molecule has 0 saturated carbocycles. The van der Waals surface area contributed by atoms with Crippen LogP contribution in [0.5, 0.6) is 0 Å². The molecule has 3 aromatic rings. The van der Waals surface area contributed by atoms with Gasteiger partial charge in [-0.3, -0.25) is 0 Å². The first-order valence-electron chi connectivity index (χ1n) is 7.79. The van der Waals surface area contributed by atoms with E-state index in [2.05, 4.69) is 4.98 Å². The average molecular weight is 388 g/mol. The molecular formula is C20H15ClFNO2S. The van der Waals surface area contributed by atoms with Gasteiger partial charge in [0.1, 0.15) is 17.6 Å². The van der Waals surface area contributed by atoms with Crippen molar-refractivity contribution in [2.24, 2.45) is 0 Å². The molecule has 0 bridgehead atoms. The van der Waals surface area contributed by atoms with Crippen molar-refractivity contribution in [3.8, 4) is 0 Å². The quantitative estimate of drug-likeness (QED) is 0.250. The van der Waals surface area contributed by atoms with Crippen LogP contribution in [0, 0.1) is 5.82 Å². The molecule has 0 spiro atoms. The lowest BCUT2D eigenvalue weighted by molar-refractivity contribution is -0.138. The lowest BCUT2D eigenvalue weighted by Gasteiger charge is -2.07. The molecule has 0 N–H and O–H groups in total. The Morgan fingerprint density at radius 1 is 1.27 bits per heavy atom. The Labute approximate surface area is 159 Å². The summed E-state index contributed by atoms with van der Waals surface area (Å²) in [7, 11) is 0. The SMILES string of the molecule is CSc1ccc2cc(COC(=O)/C=C/c3cccc(F)c3)c(Cl)nc2c1. The third-order valence-corrected chi connectivity index (χ3v) is 4.73.